The number of anilines is 1. The number of nitrogens with two attached hydrogens (primary N) is 1. The molecule has 0 bridgehead atoms. The average Bonchev–Trinajstić information content (AvgIpc) is 3.63. The molecule has 1 saturated heterocycles. The standard InChI is InChI=1S/C26H42N7O18P3S/c1-14(34)4-5-17(36)55-9-8-28-16(35)6-7-29-24(39)21(38)26(2,3)11-48-54(45,46)51-53(43,44)47-10-15-20(50-52(40,41)42)19(37)25(49-15)33-13-32-18-22(27)30-12-31-23(18)33/h12-13,15,19-21,25,37-38H,4-11H2,1-3H3,(H,28,35)(H,29,39)(H,43,44)(H,45,46)(H2,27,30,31)(H2,40,41,42)/p-4/t15-,19-,20-,21+,25-/m1/s1. The normalized spacial score (nSPS) is 21.8. The lowest BCUT2D eigenvalue weighted by molar-refractivity contribution is -0.347. The summed E-state index contributed by atoms with van der Waals surface area (Å²) in [6.45, 7) is 1.32. The summed E-state index contributed by atoms with van der Waals surface area (Å²) >= 11 is 0.948. The molecule has 1 fully saturated rings. The number of nitrogens with one attached hydrogen (secondary N) is 2. The molecule has 3 heterocycles. The summed E-state index contributed by atoms with van der Waals surface area (Å²) in [6.07, 6.45) is -7.46. The first-order chi connectivity index (χ1) is 25.4. The number of aliphatic hydroxyl groups is 2. The van der Waals surface area contributed by atoms with E-state index in [1.54, 1.807) is 0 Å². The van der Waals surface area contributed by atoms with Gasteiger partial charge in [-0.2, -0.15) is 0 Å². The Bertz CT molecular complexity index is 1850. The van der Waals surface area contributed by atoms with Crippen LogP contribution in [0.25, 0.3) is 11.2 Å². The van der Waals surface area contributed by atoms with Crippen molar-refractivity contribution >= 4 is 74.9 Å². The minimum Gasteiger partial charge on any atom is -0.790 e. The first-order valence-electron chi connectivity index (χ1n) is 15.9. The first-order valence-corrected chi connectivity index (χ1v) is 21.2. The average molecular weight is 862 g/mol. The number of fused-ring (bicyclic) bond motifs is 1. The smallest absolute Gasteiger partial charge is 0.274 e. The van der Waals surface area contributed by atoms with Gasteiger partial charge in [-0.15, -0.1) is 0 Å². The van der Waals surface area contributed by atoms with Crippen molar-refractivity contribution in [2.75, 3.05) is 37.8 Å². The summed E-state index contributed by atoms with van der Waals surface area (Å²) in [5, 5.41) is 25.9. The monoisotopic (exact) mass is 861 g/mol. The lowest BCUT2D eigenvalue weighted by Crippen LogP contribution is -2.46. The van der Waals surface area contributed by atoms with Crippen molar-refractivity contribution in [2.24, 2.45) is 5.41 Å². The molecular formula is C26H38N7O18P3S-4. The molecule has 2 amide bonds. The predicted molar refractivity (Wildman–Crippen MR) is 178 cm³/mol. The van der Waals surface area contributed by atoms with Gasteiger partial charge in [0.15, 0.2) is 22.8 Å². The first kappa shape index (κ1) is 46.6. The molecule has 2 unspecified atom stereocenters. The van der Waals surface area contributed by atoms with Crippen molar-refractivity contribution in [3.63, 3.8) is 0 Å². The second kappa shape index (κ2) is 19.6. The fourth-order valence-corrected chi connectivity index (χ4v) is 8.04. The Labute approximate surface area is 316 Å². The van der Waals surface area contributed by atoms with Gasteiger partial charge in [0.05, 0.1) is 27.4 Å². The van der Waals surface area contributed by atoms with Gasteiger partial charge in [0, 0.05) is 43.5 Å². The van der Waals surface area contributed by atoms with Crippen molar-refractivity contribution in [3.8, 4) is 0 Å². The Morgan fingerprint density at radius 2 is 1.71 bits per heavy atom. The van der Waals surface area contributed by atoms with Crippen LogP contribution in [0.3, 0.4) is 0 Å². The number of nitrogens with zero attached hydrogens (tertiary/aromatic N) is 4. The quantitative estimate of drug-likeness (QED) is 0.0566. The van der Waals surface area contributed by atoms with Gasteiger partial charge in [-0.1, -0.05) is 25.6 Å². The number of aliphatic hydroxyl groups excluding tert-OH is 2. The van der Waals surface area contributed by atoms with Crippen LogP contribution in [0.5, 0.6) is 0 Å². The van der Waals surface area contributed by atoms with Gasteiger partial charge in [0.1, 0.15) is 42.0 Å². The highest BCUT2D eigenvalue weighted by atomic mass is 32.2. The zero-order valence-corrected chi connectivity index (χ0v) is 32.7. The van der Waals surface area contributed by atoms with Crippen LogP contribution in [0.1, 0.15) is 46.3 Å². The number of ketones is 1. The Hall–Kier alpha value is -2.77. The second-order valence-electron chi connectivity index (χ2n) is 12.4. The van der Waals surface area contributed by atoms with Crippen LogP contribution >= 0.6 is 35.2 Å². The van der Waals surface area contributed by atoms with Crippen LogP contribution in [0.4, 0.5) is 5.82 Å². The zero-order chi connectivity index (χ0) is 41.4. The highest BCUT2D eigenvalue weighted by Crippen LogP contribution is 2.56. The molecule has 1 aliphatic rings. The maximum atomic E-state index is 12.5. The van der Waals surface area contributed by atoms with Crippen molar-refractivity contribution < 1.29 is 85.3 Å². The summed E-state index contributed by atoms with van der Waals surface area (Å²) in [4.78, 5) is 106. The molecule has 2 aromatic heterocycles. The molecule has 0 radical (unpaired) electrons. The van der Waals surface area contributed by atoms with E-state index in [4.69, 9.17) is 10.5 Å². The lowest BCUT2D eigenvalue weighted by Gasteiger charge is -2.36. The maximum Gasteiger partial charge on any atom is 0.274 e. The van der Waals surface area contributed by atoms with Crippen LogP contribution in [-0.2, 0) is 55.5 Å². The molecule has 3 rings (SSSR count). The van der Waals surface area contributed by atoms with E-state index >= 15 is 0 Å². The second-order valence-corrected chi connectivity index (χ2v) is 17.6. The van der Waals surface area contributed by atoms with E-state index < -0.39 is 84.6 Å². The summed E-state index contributed by atoms with van der Waals surface area (Å²) in [7, 11) is -17.6. The van der Waals surface area contributed by atoms with E-state index in [1.165, 1.54) is 20.8 Å². The number of Topliss-reactive ketones (excluding diaryl/α,β-unsaturated/α-hetero) is 1. The van der Waals surface area contributed by atoms with E-state index in [2.05, 4.69) is 43.5 Å². The van der Waals surface area contributed by atoms with Gasteiger partial charge in [0.25, 0.3) is 15.6 Å². The van der Waals surface area contributed by atoms with Gasteiger partial charge >= 0.3 is 0 Å². The highest BCUT2D eigenvalue weighted by Gasteiger charge is 2.47. The number of hydrogen-bond donors (Lipinski definition) is 5. The van der Waals surface area contributed by atoms with Crippen LogP contribution in [-0.4, -0.2) is 109 Å². The lowest BCUT2D eigenvalue weighted by atomic mass is 9.87. The molecule has 55 heavy (non-hydrogen) atoms. The Morgan fingerprint density at radius 1 is 1.04 bits per heavy atom. The molecule has 310 valence electrons. The summed E-state index contributed by atoms with van der Waals surface area (Å²) in [6, 6.07) is 0. The van der Waals surface area contributed by atoms with E-state index in [1.807, 2.05) is 0 Å². The number of carbonyl (C=O) groups is 4. The minimum absolute atomic E-state index is 0.0271. The number of nitrogen functional groups attached to an aromatic ring is 1. The molecule has 25 nitrogen and oxygen atoms in total. The molecule has 0 aromatic carbocycles. The number of hydrogen-bond acceptors (Lipinski definition) is 23. The Morgan fingerprint density at radius 3 is 2.36 bits per heavy atom. The van der Waals surface area contributed by atoms with Crippen LogP contribution in [0.15, 0.2) is 12.7 Å². The van der Waals surface area contributed by atoms with Gasteiger partial charge in [-0.05, 0) is 6.92 Å². The van der Waals surface area contributed by atoms with E-state index in [0.29, 0.717) is 0 Å². The van der Waals surface area contributed by atoms with Crippen molar-refractivity contribution in [2.45, 2.75) is 70.7 Å². The van der Waals surface area contributed by atoms with Gasteiger partial charge in [-0.3, -0.25) is 28.1 Å². The molecule has 6 N–H and O–H groups in total. The van der Waals surface area contributed by atoms with E-state index in [-0.39, 0.29) is 66.0 Å². The minimum atomic E-state index is -5.92. The van der Waals surface area contributed by atoms with Crippen LogP contribution < -0.4 is 35.9 Å². The number of imidazole rings is 1. The van der Waals surface area contributed by atoms with Crippen LogP contribution in [0, 0.1) is 5.41 Å². The van der Waals surface area contributed by atoms with Gasteiger partial charge in [-0.25, -0.2) is 19.3 Å². The molecule has 0 spiro atoms. The van der Waals surface area contributed by atoms with Crippen molar-refractivity contribution in [1.82, 2.24) is 30.2 Å². The third kappa shape index (κ3) is 14.6. The van der Waals surface area contributed by atoms with E-state index in [9.17, 15) is 62.7 Å². The van der Waals surface area contributed by atoms with Gasteiger partial charge in [0.2, 0.25) is 11.8 Å². The zero-order valence-electron chi connectivity index (χ0n) is 29.2. The third-order valence-electron chi connectivity index (χ3n) is 7.42. The Kier molecular flexibility index (Phi) is 16.6. The van der Waals surface area contributed by atoms with Crippen molar-refractivity contribution in [1.29, 1.82) is 0 Å². The molecule has 0 aliphatic carbocycles. The predicted octanol–water partition coefficient (Wildman–Crippen LogP) is -3.49. The van der Waals surface area contributed by atoms with Gasteiger partial charge < -0.3 is 73.8 Å². The number of phosphoric ester groups is 3. The largest absolute Gasteiger partial charge is 0.790 e. The number of aromatic nitrogens is 4. The molecular weight excluding hydrogens is 823 g/mol. The number of carbonyl (C=O) groups excluding carboxylic acids is 4. The molecule has 7 atom stereocenters. The number of phosphoric acid groups is 3. The number of ether oxygens (including phenoxy) is 1. The number of amides is 2. The highest BCUT2D eigenvalue weighted by molar-refractivity contribution is 8.13. The third-order valence-corrected chi connectivity index (χ3v) is 11.4. The van der Waals surface area contributed by atoms with Crippen LogP contribution in [0.2, 0.25) is 0 Å². The molecule has 29 heteroatoms. The summed E-state index contributed by atoms with van der Waals surface area (Å²) in [5.74, 6) is -1.48. The van der Waals surface area contributed by atoms with Crippen molar-refractivity contribution in [3.05, 3.63) is 12.7 Å². The number of thioether (sulfide) groups is 1. The summed E-state index contributed by atoms with van der Waals surface area (Å²) < 4.78 is 60.3. The maximum absolute atomic E-state index is 12.5. The molecule has 2 aromatic rings. The topological polar surface area (TPSA) is 392 Å². The molecule has 0 saturated carbocycles. The fraction of sp³-hybridized carbons (Fsp3) is 0.654. The fourth-order valence-electron chi connectivity index (χ4n) is 4.62. The molecule has 1 aliphatic heterocycles. The summed E-state index contributed by atoms with van der Waals surface area (Å²) in [5.41, 5.74) is 4.03. The van der Waals surface area contributed by atoms with E-state index in [0.717, 1.165) is 29.0 Å². The SMILES string of the molecule is CC(=O)CCC(=O)SCCNC(=O)CCNC(=O)[C@H](O)C(C)(C)COP(=O)([O-])OP(=O)([O-])OC[C@H]1O[C@@H](n2cnc3c(N)ncnc32)[C@H](O)[C@@H]1OP(=O)([O-])[O-]. The number of rotatable bonds is 22. The Balaban J connectivity index is 1.49.